The molecule has 0 spiro atoms. The molecule has 0 aliphatic carbocycles. The normalized spacial score (nSPS) is 17.9. The van der Waals surface area contributed by atoms with E-state index in [1.165, 1.54) is 7.11 Å². The van der Waals surface area contributed by atoms with Gasteiger partial charge in [0.05, 0.1) is 48.7 Å². The molecule has 2 heterocycles. The molecule has 89 heavy (non-hydrogen) atoms. The quantitative estimate of drug-likeness (QED) is 0.0225. The first kappa shape index (κ1) is 76.8. The number of carbonyl (C=O) groups excluding carboxylic acids is 10. The first-order valence-electron chi connectivity index (χ1n) is 32.1. The second kappa shape index (κ2) is 38.3. The summed E-state index contributed by atoms with van der Waals surface area (Å²) >= 11 is 0. The molecule has 2 saturated heterocycles. The minimum Gasteiger partial charge on any atom is -0.379 e. The Balaban J connectivity index is 1.72. The Morgan fingerprint density at radius 2 is 1.39 bits per heavy atom. The van der Waals surface area contributed by atoms with Crippen molar-refractivity contribution in [2.24, 2.45) is 58.2 Å². The van der Waals surface area contributed by atoms with Crippen molar-refractivity contribution in [3.05, 3.63) is 45.8 Å². The van der Waals surface area contributed by atoms with Crippen LogP contribution in [-0.2, 0) is 65.5 Å². The molecule has 24 heteroatoms. The highest BCUT2D eigenvalue weighted by Crippen LogP contribution is 2.32. The van der Waals surface area contributed by atoms with Crippen LogP contribution in [0.5, 0.6) is 0 Å². The maximum Gasteiger partial charge on any atom is 0.312 e. The van der Waals surface area contributed by atoms with Crippen molar-refractivity contribution in [1.29, 1.82) is 0 Å². The van der Waals surface area contributed by atoms with Gasteiger partial charge in [-0.3, -0.25) is 48.1 Å². The third kappa shape index (κ3) is 23.7. The van der Waals surface area contributed by atoms with Crippen molar-refractivity contribution < 1.29 is 57.4 Å². The molecule has 2 aliphatic rings. The molecule has 6 N–H and O–H groups in total. The molecule has 0 saturated carbocycles. The van der Waals surface area contributed by atoms with E-state index >= 15 is 0 Å². The van der Waals surface area contributed by atoms with Crippen LogP contribution in [0.1, 0.15) is 150 Å². The van der Waals surface area contributed by atoms with Crippen LogP contribution in [-0.4, -0.2) is 196 Å². The zero-order chi connectivity index (χ0) is 66.8. The van der Waals surface area contributed by atoms with Gasteiger partial charge in [0.2, 0.25) is 35.4 Å². The van der Waals surface area contributed by atoms with Crippen LogP contribution in [0.15, 0.2) is 29.4 Å². The number of nitrogens with one attached hydrogen (secondary N) is 4. The van der Waals surface area contributed by atoms with Crippen molar-refractivity contribution in [2.75, 3.05) is 75.1 Å². The number of likely N-dealkylation sites (N-methyl/N-ethyl adjacent to an activating group) is 2. The van der Waals surface area contributed by atoms with E-state index in [9.17, 15) is 53.5 Å². The predicted octanol–water partition coefficient (Wildman–Crippen LogP) is 5.80. The van der Waals surface area contributed by atoms with Crippen LogP contribution < -0.4 is 27.0 Å². The van der Waals surface area contributed by atoms with Gasteiger partial charge in [0.25, 0.3) is 0 Å². The smallest absolute Gasteiger partial charge is 0.312 e. The Kier molecular flexibility index (Phi) is 33.0. The number of urea groups is 1. The van der Waals surface area contributed by atoms with Gasteiger partial charge in [0, 0.05) is 122 Å². The monoisotopic (exact) mass is 1250 g/mol. The number of piperidine rings is 1. The Hall–Kier alpha value is -6.49. The number of rotatable bonds is 39. The fourth-order valence-corrected chi connectivity index (χ4v) is 12.9. The number of amides is 8. The maximum absolute atomic E-state index is 14.6. The molecule has 24 nitrogen and oxygen atoms in total. The Bertz CT molecular complexity index is 2540. The van der Waals surface area contributed by atoms with Crippen molar-refractivity contribution in [2.45, 2.75) is 195 Å². The summed E-state index contributed by atoms with van der Waals surface area (Å²) < 4.78 is 12.2. The number of nitrogens with two attached hydrogens (primary N) is 1. The number of hydrogen-bond donors (Lipinski definition) is 5. The zero-order valence-electron chi connectivity index (χ0n) is 56.0. The average Bonchev–Trinajstić information content (AvgIpc) is 2.15. The summed E-state index contributed by atoms with van der Waals surface area (Å²) in [5.74, 6) is -4.73. The minimum atomic E-state index is -0.976. The highest BCUT2D eigenvalue weighted by Gasteiger charge is 2.44. The van der Waals surface area contributed by atoms with Gasteiger partial charge in [-0.15, -0.1) is 0 Å². The molecule has 0 aromatic heterocycles. The van der Waals surface area contributed by atoms with E-state index in [1.54, 1.807) is 67.1 Å². The largest absolute Gasteiger partial charge is 0.379 e. The van der Waals surface area contributed by atoms with Gasteiger partial charge >= 0.3 is 6.03 Å². The van der Waals surface area contributed by atoms with E-state index in [1.807, 2.05) is 74.4 Å². The van der Waals surface area contributed by atoms with Gasteiger partial charge in [-0.2, -0.15) is 0 Å². The SMILES string of the molecule is CC[C@H](C)[C@@H]([C@@H](CC(=O)N1CCC[C@H]1[C@H](OC)[C@@H](C)C(=O)N[C@H](CN=[N+]=[N-])Cc1ccc(CC(=O)[C@H](CCCNC(N)=O)NC(=O)[C@@H](CC(=O)CCC(=O)N2CCC(C(=O)NC)CC2)C(C)C)cc1)OC)N(C)C(=O)[C@@H](CC(=O)[C@H](C(C)C)N(C)C)C(C)C. The standard InChI is InChI=1S/C65H108N12O12/c1-16-42(8)59(75(13)64(86)50(40(4)5)36-54(80)58(41(6)7)74(11)12)55(88-14)37-57(82)77-30-18-20-52(77)60(89-15)43(9)61(83)71-47(38-70-73-67)33-44-21-23-45(24-22-44)34-53(79)51(19-17-29-69-65(66)87)72-63(85)49(39(2)3)35-48(78)25-26-56(81)76-31-27-46(28-32-76)62(84)68-10/h21-24,39-43,46-47,49-52,55,58-60H,16-20,25-38H2,1-15H3,(H,68,84)(H,71,83)(H,72,85)(H3,66,69,87)/t42-,43+,47-,49-,50-,51-,52-,55+,58-,59-,60+/m0/s1. The number of nitrogens with zero attached hydrogens (tertiary/aromatic N) is 7. The summed E-state index contributed by atoms with van der Waals surface area (Å²) in [7, 11) is 10.1. The van der Waals surface area contributed by atoms with Gasteiger partial charge in [-0.25, -0.2) is 4.79 Å². The number of hydrogen-bond acceptors (Lipinski definition) is 14. The molecule has 0 unspecified atom stereocenters. The van der Waals surface area contributed by atoms with Crippen molar-refractivity contribution in [1.82, 2.24) is 40.9 Å². The van der Waals surface area contributed by atoms with Crippen molar-refractivity contribution in [3.63, 3.8) is 0 Å². The minimum absolute atomic E-state index is 0.00901. The number of carbonyl (C=O) groups is 10. The summed E-state index contributed by atoms with van der Waals surface area (Å²) in [6.07, 6.45) is 2.14. The van der Waals surface area contributed by atoms with E-state index in [2.05, 4.69) is 31.3 Å². The fraction of sp³-hybridized carbons (Fsp3) is 0.754. The van der Waals surface area contributed by atoms with Gasteiger partial charge in [-0.1, -0.05) is 98.1 Å². The number of ether oxygens (including phenoxy) is 2. The van der Waals surface area contributed by atoms with E-state index < -0.39 is 66.1 Å². The summed E-state index contributed by atoms with van der Waals surface area (Å²) in [5.41, 5.74) is 16.0. The first-order valence-corrected chi connectivity index (χ1v) is 32.1. The molecular weight excluding hydrogens is 1140 g/mol. The van der Waals surface area contributed by atoms with E-state index in [0.717, 1.165) is 5.56 Å². The van der Waals surface area contributed by atoms with Gasteiger partial charge < -0.3 is 51.2 Å². The number of likely N-dealkylation sites (tertiary alicyclic amines) is 2. The second-order valence-electron chi connectivity index (χ2n) is 25.9. The lowest BCUT2D eigenvalue weighted by atomic mass is 9.83. The molecule has 3 rings (SSSR count). The van der Waals surface area contributed by atoms with E-state index in [4.69, 9.17) is 15.2 Å². The van der Waals surface area contributed by atoms with E-state index in [-0.39, 0.29) is 147 Å². The molecule has 2 fully saturated rings. The average molecular weight is 1250 g/mol. The Morgan fingerprint density at radius 1 is 0.764 bits per heavy atom. The van der Waals surface area contributed by atoms with Crippen LogP contribution >= 0.6 is 0 Å². The third-order valence-corrected chi connectivity index (χ3v) is 18.3. The maximum atomic E-state index is 14.6. The summed E-state index contributed by atoms with van der Waals surface area (Å²) in [4.78, 5) is 145. The highest BCUT2D eigenvalue weighted by atomic mass is 16.5. The first-order chi connectivity index (χ1) is 42.0. The molecule has 0 bridgehead atoms. The molecule has 1 aromatic rings. The molecule has 11 atom stereocenters. The fourth-order valence-electron chi connectivity index (χ4n) is 12.9. The summed E-state index contributed by atoms with van der Waals surface area (Å²) in [6, 6.07) is 3.47. The predicted molar refractivity (Wildman–Crippen MR) is 340 cm³/mol. The van der Waals surface area contributed by atoms with E-state index in [0.29, 0.717) is 63.7 Å². The Morgan fingerprint density at radius 3 is 1.93 bits per heavy atom. The number of azide groups is 1. The molecule has 0 radical (unpaired) electrons. The third-order valence-electron chi connectivity index (χ3n) is 18.3. The number of methoxy groups -OCH3 is 2. The molecule has 500 valence electrons. The lowest BCUT2D eigenvalue weighted by Gasteiger charge is -2.41. The van der Waals surface area contributed by atoms with Gasteiger partial charge in [-0.05, 0) is 99.4 Å². The number of ketones is 3. The van der Waals surface area contributed by atoms with Gasteiger partial charge in [0.15, 0.2) is 11.6 Å². The van der Waals surface area contributed by atoms with Gasteiger partial charge in [0.1, 0.15) is 5.78 Å². The summed E-state index contributed by atoms with van der Waals surface area (Å²) in [6.45, 7) is 18.7. The molecule has 8 amide bonds. The molecule has 1 aromatic carbocycles. The second-order valence-corrected chi connectivity index (χ2v) is 25.9. The van der Waals surface area contributed by atoms with Crippen LogP contribution in [0, 0.1) is 47.3 Å². The topological polar surface area (TPSA) is 325 Å². The van der Waals surface area contributed by atoms with Crippen molar-refractivity contribution >= 4 is 58.8 Å². The highest BCUT2D eigenvalue weighted by molar-refractivity contribution is 5.94. The number of benzene rings is 1. The van der Waals surface area contributed by atoms with Crippen LogP contribution in [0.4, 0.5) is 4.79 Å². The molecular formula is C65H108N12O12. The van der Waals surface area contributed by atoms with Crippen molar-refractivity contribution in [3.8, 4) is 0 Å². The Labute approximate surface area is 529 Å². The van der Waals surface area contributed by atoms with Crippen LogP contribution in [0.2, 0.25) is 0 Å². The lowest BCUT2D eigenvalue weighted by Crippen LogP contribution is -2.54. The van der Waals surface area contributed by atoms with Crippen LogP contribution in [0.3, 0.4) is 0 Å². The number of primary amides is 1. The molecule has 2 aliphatic heterocycles. The summed E-state index contributed by atoms with van der Waals surface area (Å²) in [5, 5.41) is 14.9. The zero-order valence-corrected chi connectivity index (χ0v) is 56.0. The lowest BCUT2D eigenvalue weighted by molar-refractivity contribution is -0.149. The van der Waals surface area contributed by atoms with Crippen LogP contribution in [0.25, 0.3) is 10.4 Å². The number of Topliss-reactive ketones (excluding diaryl/α,β-unsaturated/α-hetero) is 3.